The molecular formula is C23H36O6. The first kappa shape index (κ1) is 23.5. The number of aliphatic hydroxyl groups excluding tert-OH is 2. The molecule has 0 saturated carbocycles. The third-order valence-corrected chi connectivity index (χ3v) is 5.58. The highest BCUT2D eigenvalue weighted by atomic mass is 16.6. The molecule has 164 valence electrons. The van der Waals surface area contributed by atoms with Gasteiger partial charge in [0.15, 0.2) is 5.60 Å². The van der Waals surface area contributed by atoms with Gasteiger partial charge < -0.3 is 24.4 Å². The molecule has 0 bridgehead atoms. The van der Waals surface area contributed by atoms with E-state index in [2.05, 4.69) is 0 Å². The van der Waals surface area contributed by atoms with Crippen molar-refractivity contribution in [3.63, 3.8) is 0 Å². The highest BCUT2D eigenvalue weighted by Crippen LogP contribution is 2.35. The van der Waals surface area contributed by atoms with Crippen LogP contribution in [-0.4, -0.2) is 48.7 Å². The van der Waals surface area contributed by atoms with Gasteiger partial charge in [0.1, 0.15) is 18.1 Å². The molecule has 2 unspecified atom stereocenters. The molecule has 1 aliphatic rings. The van der Waals surface area contributed by atoms with Crippen molar-refractivity contribution in [1.29, 1.82) is 0 Å². The summed E-state index contributed by atoms with van der Waals surface area (Å²) >= 11 is 0. The van der Waals surface area contributed by atoms with Gasteiger partial charge in [-0.25, -0.2) is 0 Å². The fourth-order valence-corrected chi connectivity index (χ4v) is 3.77. The van der Waals surface area contributed by atoms with E-state index in [-0.39, 0.29) is 31.7 Å². The summed E-state index contributed by atoms with van der Waals surface area (Å²) in [7, 11) is 1.61. The highest BCUT2D eigenvalue weighted by Gasteiger charge is 2.46. The van der Waals surface area contributed by atoms with E-state index in [0.29, 0.717) is 12.2 Å². The Hall–Kier alpha value is -1.79. The number of carbonyl (C=O) groups excluding carboxylic acids is 1. The molecule has 2 atom stereocenters. The van der Waals surface area contributed by atoms with Crippen LogP contribution >= 0.6 is 0 Å². The van der Waals surface area contributed by atoms with Crippen molar-refractivity contribution in [2.45, 2.75) is 69.8 Å². The van der Waals surface area contributed by atoms with Crippen LogP contribution in [-0.2, 0) is 9.53 Å². The molecule has 6 nitrogen and oxygen atoms in total. The Morgan fingerprint density at radius 3 is 2.14 bits per heavy atom. The van der Waals surface area contributed by atoms with Crippen molar-refractivity contribution in [3.8, 4) is 11.5 Å². The normalized spacial score (nSPS) is 21.2. The second-order valence-corrected chi connectivity index (χ2v) is 7.97. The predicted molar refractivity (Wildman–Crippen MR) is 111 cm³/mol. The van der Waals surface area contributed by atoms with Crippen LogP contribution in [0.2, 0.25) is 0 Å². The minimum Gasteiger partial charge on any atom is -0.497 e. The largest absolute Gasteiger partial charge is 0.497 e. The molecule has 0 radical (unpaired) electrons. The van der Waals surface area contributed by atoms with E-state index in [0.717, 1.165) is 37.9 Å². The van der Waals surface area contributed by atoms with Crippen LogP contribution in [0.3, 0.4) is 0 Å². The van der Waals surface area contributed by atoms with Gasteiger partial charge in [0.2, 0.25) is 0 Å². The number of esters is 1. The smallest absolute Gasteiger partial charge is 0.309 e. The second kappa shape index (κ2) is 12.7. The summed E-state index contributed by atoms with van der Waals surface area (Å²) in [6, 6.07) is 7.19. The maximum absolute atomic E-state index is 12.3. The number of hydrogen-bond acceptors (Lipinski definition) is 6. The molecule has 6 heteroatoms. The zero-order valence-corrected chi connectivity index (χ0v) is 17.6. The van der Waals surface area contributed by atoms with Crippen LogP contribution in [0.5, 0.6) is 11.5 Å². The summed E-state index contributed by atoms with van der Waals surface area (Å²) < 4.78 is 16.4. The van der Waals surface area contributed by atoms with Crippen LogP contribution in [0.4, 0.5) is 0 Å². The Morgan fingerprint density at radius 1 is 0.966 bits per heavy atom. The van der Waals surface area contributed by atoms with Crippen molar-refractivity contribution in [2.24, 2.45) is 5.92 Å². The van der Waals surface area contributed by atoms with E-state index < -0.39 is 5.60 Å². The zero-order chi connectivity index (χ0) is 21.0. The predicted octanol–water partition coefficient (Wildman–Crippen LogP) is 3.87. The molecule has 1 aliphatic heterocycles. The lowest BCUT2D eigenvalue weighted by Crippen LogP contribution is -2.39. The van der Waals surface area contributed by atoms with Crippen molar-refractivity contribution >= 4 is 5.97 Å². The molecule has 1 aromatic rings. The molecule has 1 saturated heterocycles. The molecule has 29 heavy (non-hydrogen) atoms. The summed E-state index contributed by atoms with van der Waals surface area (Å²) in [6.45, 7) is 0.198. The van der Waals surface area contributed by atoms with Gasteiger partial charge in [-0.15, -0.1) is 0 Å². The Bertz CT molecular complexity index is 588. The number of rotatable bonds is 15. The molecule has 1 aromatic carbocycles. The molecule has 0 spiro atoms. The van der Waals surface area contributed by atoms with Crippen LogP contribution in [0, 0.1) is 5.92 Å². The summed E-state index contributed by atoms with van der Waals surface area (Å²) in [6.07, 6.45) is 10.2. The van der Waals surface area contributed by atoms with Crippen LogP contribution in [0.25, 0.3) is 0 Å². The SMILES string of the molecule is COc1ccc(OCC2(CO)CC(CCCCCCCCCCO)C(=O)O2)cc1. The number of ether oxygens (including phenoxy) is 3. The highest BCUT2D eigenvalue weighted by molar-refractivity contribution is 5.75. The number of unbranched alkanes of at least 4 members (excludes halogenated alkanes) is 7. The monoisotopic (exact) mass is 408 g/mol. The lowest BCUT2D eigenvalue weighted by Gasteiger charge is -2.25. The maximum Gasteiger partial charge on any atom is 0.309 e. The van der Waals surface area contributed by atoms with E-state index in [1.807, 2.05) is 0 Å². The molecule has 0 amide bonds. The van der Waals surface area contributed by atoms with Crippen LogP contribution in [0.1, 0.15) is 64.2 Å². The van der Waals surface area contributed by atoms with Gasteiger partial charge in [-0.2, -0.15) is 0 Å². The second-order valence-electron chi connectivity index (χ2n) is 7.97. The van der Waals surface area contributed by atoms with Crippen molar-refractivity contribution < 1.29 is 29.2 Å². The van der Waals surface area contributed by atoms with Gasteiger partial charge in [-0.3, -0.25) is 4.79 Å². The Kier molecular flexibility index (Phi) is 10.3. The lowest BCUT2D eigenvalue weighted by molar-refractivity contribution is -0.156. The molecule has 0 aliphatic carbocycles. The van der Waals surface area contributed by atoms with E-state index in [4.69, 9.17) is 19.3 Å². The molecular weight excluding hydrogens is 372 g/mol. The standard InChI is InChI=1S/C23H36O6/c1-27-20-11-13-21(14-12-20)28-18-23(17-25)16-19(22(26)29-23)10-8-6-4-2-3-5-7-9-15-24/h11-14,19,24-25H,2-10,15-18H2,1H3. The van der Waals surface area contributed by atoms with Gasteiger partial charge in [-0.05, 0) is 37.1 Å². The summed E-state index contributed by atoms with van der Waals surface area (Å²) in [5.74, 6) is 1.01. The van der Waals surface area contributed by atoms with Crippen molar-refractivity contribution in [3.05, 3.63) is 24.3 Å². The first-order valence-electron chi connectivity index (χ1n) is 10.8. The van der Waals surface area contributed by atoms with Gasteiger partial charge in [0, 0.05) is 13.0 Å². The van der Waals surface area contributed by atoms with Gasteiger partial charge >= 0.3 is 5.97 Å². The summed E-state index contributed by atoms with van der Waals surface area (Å²) in [5.41, 5.74) is -0.950. The molecule has 2 N–H and O–H groups in total. The molecule has 1 heterocycles. The number of benzene rings is 1. The average Bonchev–Trinajstić information content (AvgIpc) is 3.07. The van der Waals surface area contributed by atoms with Crippen molar-refractivity contribution in [1.82, 2.24) is 0 Å². The Morgan fingerprint density at radius 2 is 1.55 bits per heavy atom. The fraction of sp³-hybridized carbons (Fsp3) is 0.696. The minimum atomic E-state index is -0.950. The number of aliphatic hydroxyl groups is 2. The zero-order valence-electron chi connectivity index (χ0n) is 17.6. The first-order chi connectivity index (χ1) is 14.1. The third-order valence-electron chi connectivity index (χ3n) is 5.58. The van der Waals surface area contributed by atoms with Crippen molar-refractivity contribution in [2.75, 3.05) is 26.9 Å². The lowest BCUT2D eigenvalue weighted by atomic mass is 9.91. The van der Waals surface area contributed by atoms with E-state index >= 15 is 0 Å². The fourth-order valence-electron chi connectivity index (χ4n) is 3.77. The number of cyclic esters (lactones) is 1. The average molecular weight is 409 g/mol. The Labute approximate surface area is 174 Å². The van der Waals surface area contributed by atoms with Gasteiger partial charge in [-0.1, -0.05) is 44.9 Å². The Balaban J connectivity index is 1.67. The number of carbonyl (C=O) groups is 1. The van der Waals surface area contributed by atoms with Crippen LogP contribution in [0.15, 0.2) is 24.3 Å². The number of methoxy groups -OCH3 is 1. The molecule has 0 aromatic heterocycles. The minimum absolute atomic E-state index is 0.145. The quantitative estimate of drug-likeness (QED) is 0.338. The summed E-state index contributed by atoms with van der Waals surface area (Å²) in [4.78, 5) is 12.3. The van der Waals surface area contributed by atoms with E-state index in [1.54, 1.807) is 31.4 Å². The van der Waals surface area contributed by atoms with Crippen LogP contribution < -0.4 is 9.47 Å². The third kappa shape index (κ3) is 7.86. The maximum atomic E-state index is 12.3. The topological polar surface area (TPSA) is 85.2 Å². The molecule has 1 fully saturated rings. The van der Waals surface area contributed by atoms with Gasteiger partial charge in [0.25, 0.3) is 0 Å². The van der Waals surface area contributed by atoms with E-state index in [9.17, 15) is 9.90 Å². The van der Waals surface area contributed by atoms with Gasteiger partial charge in [0.05, 0.1) is 19.6 Å². The number of hydrogen-bond donors (Lipinski definition) is 2. The molecule has 2 rings (SSSR count). The summed E-state index contributed by atoms with van der Waals surface area (Å²) in [5, 5.41) is 18.6. The first-order valence-corrected chi connectivity index (χ1v) is 10.8. The van der Waals surface area contributed by atoms with E-state index in [1.165, 1.54) is 25.7 Å².